The van der Waals surface area contributed by atoms with Gasteiger partial charge < -0.3 is 24.7 Å². The topological polar surface area (TPSA) is 150 Å². The number of hydrogen-bond acceptors (Lipinski definition) is 9. The van der Waals surface area contributed by atoms with Crippen LogP contribution in [0.2, 0.25) is 5.02 Å². The number of halogens is 1. The summed E-state index contributed by atoms with van der Waals surface area (Å²) >= 11 is 6.25. The van der Waals surface area contributed by atoms with Crippen molar-refractivity contribution >= 4 is 41.0 Å². The number of H-pyrrole nitrogens is 1. The van der Waals surface area contributed by atoms with Crippen LogP contribution in [0.1, 0.15) is 39.4 Å². The molecule has 0 saturated heterocycles. The number of rotatable bonds is 7. The van der Waals surface area contributed by atoms with Crippen LogP contribution in [0.3, 0.4) is 0 Å². The number of fused-ring (bicyclic) bond motifs is 1. The molecule has 3 aromatic heterocycles. The summed E-state index contributed by atoms with van der Waals surface area (Å²) < 4.78 is 10.4. The highest BCUT2D eigenvalue weighted by molar-refractivity contribution is 6.31. The Morgan fingerprint density at radius 1 is 1.36 bits per heavy atom. The number of aromatic nitrogens is 4. The molecule has 0 fully saturated rings. The average molecular weight is 467 g/mol. The molecule has 1 aromatic carbocycles. The van der Waals surface area contributed by atoms with E-state index in [-0.39, 0.29) is 28.3 Å². The number of benzene rings is 1. The summed E-state index contributed by atoms with van der Waals surface area (Å²) in [6.45, 7) is 0. The Bertz CT molecular complexity index is 1360. The molecule has 2 atom stereocenters. The molecule has 0 amide bonds. The Kier molecular flexibility index (Phi) is 6.29. The van der Waals surface area contributed by atoms with Crippen molar-refractivity contribution in [2.24, 2.45) is 4.99 Å². The van der Waals surface area contributed by atoms with Gasteiger partial charge in [0.2, 0.25) is 11.8 Å². The van der Waals surface area contributed by atoms with Crippen molar-refractivity contribution < 1.29 is 19.1 Å². The first kappa shape index (κ1) is 22.3. The van der Waals surface area contributed by atoms with Crippen LogP contribution in [-0.4, -0.2) is 57.8 Å². The summed E-state index contributed by atoms with van der Waals surface area (Å²) in [5.74, 6) is -0.746. The van der Waals surface area contributed by atoms with Crippen LogP contribution in [0.15, 0.2) is 46.1 Å². The first-order valence-corrected chi connectivity index (χ1v) is 10.1. The molecule has 0 spiro atoms. The van der Waals surface area contributed by atoms with Crippen LogP contribution < -0.4 is 0 Å². The highest BCUT2D eigenvalue weighted by Gasteiger charge is 2.23. The number of pyridine rings is 1. The number of esters is 1. The highest BCUT2D eigenvalue weighted by Crippen LogP contribution is 2.33. The SMILES string of the molecule is CN=CC(C=N)c1cnc2[nH]cc(-c3nnc(C(O)c4ccc(C(=O)OC)cc4Cl)o3)c2c1. The number of carbonyl (C=O) groups is 1. The van der Waals surface area contributed by atoms with Gasteiger partial charge in [0.05, 0.1) is 24.2 Å². The molecular weight excluding hydrogens is 448 g/mol. The van der Waals surface area contributed by atoms with E-state index < -0.39 is 12.1 Å². The lowest BCUT2D eigenvalue weighted by atomic mass is 10.0. The van der Waals surface area contributed by atoms with Crippen molar-refractivity contribution in [3.05, 3.63) is 64.3 Å². The van der Waals surface area contributed by atoms with Crippen molar-refractivity contribution in [3.8, 4) is 11.5 Å². The van der Waals surface area contributed by atoms with E-state index in [9.17, 15) is 9.90 Å². The van der Waals surface area contributed by atoms with Crippen LogP contribution in [0.25, 0.3) is 22.5 Å². The maximum Gasteiger partial charge on any atom is 0.337 e. The van der Waals surface area contributed by atoms with Gasteiger partial charge in [-0.1, -0.05) is 17.7 Å². The Morgan fingerprint density at radius 3 is 2.88 bits per heavy atom. The predicted molar refractivity (Wildman–Crippen MR) is 122 cm³/mol. The van der Waals surface area contributed by atoms with Gasteiger partial charge in [0, 0.05) is 47.8 Å². The molecule has 3 N–H and O–H groups in total. The van der Waals surface area contributed by atoms with E-state index in [1.54, 1.807) is 25.7 Å². The van der Waals surface area contributed by atoms with Crippen molar-refractivity contribution in [1.82, 2.24) is 20.2 Å². The zero-order valence-corrected chi connectivity index (χ0v) is 18.4. The summed E-state index contributed by atoms with van der Waals surface area (Å²) in [6.07, 6.45) is 4.98. The predicted octanol–water partition coefficient (Wildman–Crippen LogP) is 3.57. The third-order valence-corrected chi connectivity index (χ3v) is 5.37. The number of carbonyl (C=O) groups excluding carboxylic acids is 1. The van der Waals surface area contributed by atoms with E-state index in [4.69, 9.17) is 21.4 Å². The molecule has 33 heavy (non-hydrogen) atoms. The second kappa shape index (κ2) is 9.31. The molecule has 4 aromatic rings. The number of aromatic amines is 1. The fourth-order valence-electron chi connectivity index (χ4n) is 3.35. The van der Waals surface area contributed by atoms with Crippen LogP contribution >= 0.6 is 11.6 Å². The normalized spacial score (nSPS) is 13.3. The quantitative estimate of drug-likeness (QED) is 0.278. The summed E-state index contributed by atoms with van der Waals surface area (Å²) in [4.78, 5) is 23.1. The number of methoxy groups -OCH3 is 1. The summed E-state index contributed by atoms with van der Waals surface area (Å²) in [5, 5.41) is 27.3. The number of ether oxygens (including phenoxy) is 1. The Hall–Kier alpha value is -3.89. The van der Waals surface area contributed by atoms with Crippen LogP contribution in [0.4, 0.5) is 0 Å². The minimum absolute atomic E-state index is 0.0633. The lowest BCUT2D eigenvalue weighted by molar-refractivity contribution is 0.0600. The molecule has 0 aliphatic heterocycles. The van der Waals surface area contributed by atoms with Gasteiger partial charge in [-0.15, -0.1) is 10.2 Å². The number of aliphatic hydroxyl groups excluding tert-OH is 1. The number of nitrogens with one attached hydrogen (secondary N) is 2. The monoisotopic (exact) mass is 466 g/mol. The average Bonchev–Trinajstić information content (AvgIpc) is 3.48. The van der Waals surface area contributed by atoms with Crippen molar-refractivity contribution in [2.45, 2.75) is 12.0 Å². The van der Waals surface area contributed by atoms with Gasteiger partial charge in [0.15, 0.2) is 6.10 Å². The molecule has 0 radical (unpaired) electrons. The van der Waals surface area contributed by atoms with Crippen molar-refractivity contribution in [3.63, 3.8) is 0 Å². The summed E-state index contributed by atoms with van der Waals surface area (Å²) in [5.41, 5.74) is 2.53. The first-order chi connectivity index (χ1) is 16.0. The lowest BCUT2D eigenvalue weighted by Gasteiger charge is -2.10. The van der Waals surface area contributed by atoms with E-state index in [0.717, 1.165) is 5.56 Å². The summed E-state index contributed by atoms with van der Waals surface area (Å²) in [6, 6.07) is 6.25. The molecule has 4 rings (SSSR count). The molecule has 0 aliphatic rings. The highest BCUT2D eigenvalue weighted by atomic mass is 35.5. The molecule has 10 nitrogen and oxygen atoms in total. The third kappa shape index (κ3) is 4.26. The number of aliphatic imine (C=N–C) groups is 1. The molecule has 168 valence electrons. The first-order valence-electron chi connectivity index (χ1n) is 9.76. The van der Waals surface area contributed by atoms with Gasteiger partial charge in [0.1, 0.15) is 5.65 Å². The van der Waals surface area contributed by atoms with Gasteiger partial charge in [-0.3, -0.25) is 4.99 Å². The van der Waals surface area contributed by atoms with Crippen molar-refractivity contribution in [2.75, 3.05) is 14.2 Å². The largest absolute Gasteiger partial charge is 0.465 e. The fraction of sp³-hybridized carbons (Fsp3) is 0.182. The Morgan fingerprint density at radius 2 is 2.18 bits per heavy atom. The molecule has 0 aliphatic carbocycles. The van der Waals surface area contributed by atoms with Crippen LogP contribution in [0.5, 0.6) is 0 Å². The van der Waals surface area contributed by atoms with E-state index in [1.807, 2.05) is 6.07 Å². The molecular formula is C22H19ClN6O4. The molecule has 2 unspecified atom stereocenters. The maximum absolute atomic E-state index is 11.7. The Labute approximate surface area is 192 Å². The number of hydrogen-bond donors (Lipinski definition) is 3. The third-order valence-electron chi connectivity index (χ3n) is 5.05. The van der Waals surface area contributed by atoms with Gasteiger partial charge in [-0.25, -0.2) is 9.78 Å². The Balaban J connectivity index is 1.67. The van der Waals surface area contributed by atoms with E-state index in [1.165, 1.54) is 31.5 Å². The van der Waals surface area contributed by atoms with Crippen LogP contribution in [-0.2, 0) is 4.74 Å². The zero-order valence-electron chi connectivity index (χ0n) is 17.6. The van der Waals surface area contributed by atoms with Gasteiger partial charge >= 0.3 is 5.97 Å². The smallest absolute Gasteiger partial charge is 0.337 e. The minimum atomic E-state index is -1.30. The molecule has 0 bridgehead atoms. The van der Waals surface area contributed by atoms with Crippen molar-refractivity contribution in [1.29, 1.82) is 5.41 Å². The molecule has 11 heteroatoms. The number of aliphatic hydroxyl groups is 1. The van der Waals surface area contributed by atoms with Gasteiger partial charge in [-0.05, 0) is 23.8 Å². The van der Waals surface area contributed by atoms with Gasteiger partial charge in [0.25, 0.3) is 0 Å². The van der Waals surface area contributed by atoms with E-state index in [2.05, 4.69) is 29.9 Å². The minimum Gasteiger partial charge on any atom is -0.465 e. The fourth-order valence-corrected chi connectivity index (χ4v) is 3.63. The molecule has 3 heterocycles. The second-order valence-corrected chi connectivity index (χ2v) is 7.45. The number of nitrogens with zero attached hydrogens (tertiary/aromatic N) is 4. The van der Waals surface area contributed by atoms with Crippen LogP contribution in [0, 0.1) is 5.41 Å². The maximum atomic E-state index is 11.7. The lowest BCUT2D eigenvalue weighted by Crippen LogP contribution is -2.05. The standard InChI is InChI=1S/C22H19ClN6O4/c1-25-8-13(7-24)12-5-15-16(10-27-19(15)26-9-12)20-28-29-21(33-20)18(30)14-4-3-11(6-17(14)23)22(31)32-2/h3-10,13,18,24,30H,1-2H3,(H,26,27). The van der Waals surface area contributed by atoms with E-state index in [0.29, 0.717) is 22.2 Å². The molecule has 0 saturated carbocycles. The zero-order chi connectivity index (χ0) is 23.5. The second-order valence-electron chi connectivity index (χ2n) is 7.04. The van der Waals surface area contributed by atoms with Gasteiger partial charge in [-0.2, -0.15) is 0 Å². The summed E-state index contributed by atoms with van der Waals surface area (Å²) in [7, 11) is 2.91. The van der Waals surface area contributed by atoms with E-state index >= 15 is 0 Å².